The summed E-state index contributed by atoms with van der Waals surface area (Å²) >= 11 is 0. The molecule has 0 spiro atoms. The van der Waals surface area contributed by atoms with Gasteiger partial charge in [0.1, 0.15) is 35.9 Å². The van der Waals surface area contributed by atoms with Crippen molar-refractivity contribution < 1.29 is 61.2 Å². The fraction of sp³-hybridized carbons (Fsp3) is 0.389. The van der Waals surface area contributed by atoms with Crippen LogP contribution in [-0.2, 0) is 38.1 Å². The van der Waals surface area contributed by atoms with Gasteiger partial charge in [0.05, 0.1) is 20.0 Å². The second kappa shape index (κ2) is 11.9. The summed E-state index contributed by atoms with van der Waals surface area (Å²) in [5.74, 6) is 0.573. The number of aliphatic hydroxyl groups excluding tert-OH is 2. The first-order valence-corrected chi connectivity index (χ1v) is 15.7. The Hall–Kier alpha value is -2.34. The minimum absolute atomic E-state index is 0.0500. The van der Waals surface area contributed by atoms with E-state index in [9.17, 15) is 38.6 Å². The van der Waals surface area contributed by atoms with Crippen LogP contribution in [0.25, 0.3) is 11.2 Å². The van der Waals surface area contributed by atoms with Crippen molar-refractivity contribution in [1.29, 1.82) is 0 Å². The summed E-state index contributed by atoms with van der Waals surface area (Å²) in [6.45, 7) is -1.23. The van der Waals surface area contributed by atoms with Crippen molar-refractivity contribution in [2.45, 2.75) is 31.1 Å². The van der Waals surface area contributed by atoms with Crippen LogP contribution < -0.4 is 15.6 Å². The first-order chi connectivity index (χ1) is 18.7. The molecule has 19 nitrogen and oxygen atoms in total. The lowest BCUT2D eigenvalue weighted by molar-refractivity contribution is -0.0503. The summed E-state index contributed by atoms with van der Waals surface area (Å²) in [4.78, 5) is 41.3. The average Bonchev–Trinajstić information content (AvgIpc) is 3.42. The van der Waals surface area contributed by atoms with Crippen molar-refractivity contribution >= 4 is 40.4 Å². The van der Waals surface area contributed by atoms with Crippen molar-refractivity contribution in [3.05, 3.63) is 42.5 Å². The molecule has 0 saturated carbocycles. The van der Waals surface area contributed by atoms with E-state index >= 15 is 0 Å². The summed E-state index contributed by atoms with van der Waals surface area (Å²) in [7, 11) is -14.7. The molecule has 0 bridgehead atoms. The zero-order chi connectivity index (χ0) is 29.3. The van der Waals surface area contributed by atoms with Gasteiger partial charge >= 0.3 is 23.4 Å². The number of methoxy groups -OCH3 is 1. The molecule has 8 N–H and O–H groups in total. The second-order valence-corrected chi connectivity index (χ2v) is 13.0. The minimum Gasteiger partial charge on any atom is -0.497 e. The fourth-order valence-electron chi connectivity index (χ4n) is 3.59. The number of phosphoric acid groups is 2. The molecule has 1 aromatic carbocycles. The number of nitrogen functional groups attached to an aromatic ring is 1. The van der Waals surface area contributed by atoms with Gasteiger partial charge in [0.25, 0.3) is 0 Å². The molecule has 0 aliphatic carbocycles. The second-order valence-electron chi connectivity index (χ2n) is 8.23. The van der Waals surface area contributed by atoms with Gasteiger partial charge in [0.15, 0.2) is 17.7 Å². The minimum atomic E-state index is -5.67. The fourth-order valence-corrected chi connectivity index (χ4v) is 7.28. The van der Waals surface area contributed by atoms with Crippen LogP contribution in [0.5, 0.6) is 5.75 Å². The van der Waals surface area contributed by atoms with Crippen molar-refractivity contribution in [3.63, 3.8) is 0 Å². The third kappa shape index (κ3) is 7.29. The van der Waals surface area contributed by atoms with Crippen molar-refractivity contribution in [3.8, 4) is 5.75 Å². The highest BCUT2D eigenvalue weighted by molar-refractivity contribution is 7.67. The number of hydrogen-bond donors (Lipinski definition) is 7. The van der Waals surface area contributed by atoms with Gasteiger partial charge in [0.2, 0.25) is 0 Å². The topological polar surface area (TPSA) is 280 Å². The van der Waals surface area contributed by atoms with Gasteiger partial charge in [-0.1, -0.05) is 12.1 Å². The van der Waals surface area contributed by atoms with Crippen LogP contribution in [0.3, 0.4) is 0 Å². The molecule has 0 radical (unpaired) electrons. The normalized spacial score (nSPS) is 25.8. The summed E-state index contributed by atoms with van der Waals surface area (Å²) < 4.78 is 61.2. The third-order valence-electron chi connectivity index (χ3n) is 5.46. The van der Waals surface area contributed by atoms with Gasteiger partial charge in [-0.2, -0.15) is 8.62 Å². The molecular weight excluding hydrogens is 601 g/mol. The van der Waals surface area contributed by atoms with Gasteiger partial charge in [-0.3, -0.25) is 9.09 Å². The maximum Gasteiger partial charge on any atom is 0.489 e. The molecule has 2 aromatic heterocycles. The summed E-state index contributed by atoms with van der Waals surface area (Å²) in [6, 6.07) is 6.20. The lowest BCUT2D eigenvalue weighted by Gasteiger charge is -2.20. The molecule has 4 unspecified atom stereocenters. The van der Waals surface area contributed by atoms with Gasteiger partial charge in [-0.15, -0.1) is 0 Å². The Morgan fingerprint density at radius 3 is 2.40 bits per heavy atom. The average molecular weight is 626 g/mol. The predicted molar refractivity (Wildman–Crippen MR) is 133 cm³/mol. The van der Waals surface area contributed by atoms with E-state index in [1.807, 2.05) is 5.09 Å². The van der Waals surface area contributed by atoms with E-state index in [4.69, 9.17) is 15.2 Å². The first kappa shape index (κ1) is 30.6. The molecule has 1 fully saturated rings. The Morgan fingerprint density at radius 1 is 1.02 bits per heavy atom. The Labute approximate surface area is 225 Å². The lowest BCUT2D eigenvalue weighted by Crippen LogP contribution is -2.33. The van der Waals surface area contributed by atoms with E-state index in [2.05, 4.69) is 28.1 Å². The van der Waals surface area contributed by atoms with E-state index in [-0.39, 0.29) is 23.5 Å². The smallest absolute Gasteiger partial charge is 0.489 e. The molecule has 22 heteroatoms. The van der Waals surface area contributed by atoms with Gasteiger partial charge < -0.3 is 40.1 Å². The van der Waals surface area contributed by atoms with Crippen LogP contribution in [0.4, 0.5) is 5.82 Å². The van der Waals surface area contributed by atoms with E-state index < -0.39 is 54.5 Å². The number of benzene rings is 1. The largest absolute Gasteiger partial charge is 0.497 e. The predicted octanol–water partition coefficient (Wildman–Crippen LogP) is 0.177. The number of aliphatic hydroxyl groups is 2. The first-order valence-electron chi connectivity index (χ1n) is 11.1. The van der Waals surface area contributed by atoms with Crippen LogP contribution in [0, 0.1) is 0 Å². The Balaban J connectivity index is 1.33. The monoisotopic (exact) mass is 626 g/mol. The SMILES string of the molecule is COc1ccc(CNP(=O)(O)OP(=O)(O)OP(=O)(O)OC[C@H]2OC(n3cnc4c(N)ncnc43)[C@H](O)[C@@H]2O)cc1. The molecule has 0 amide bonds. The maximum atomic E-state index is 12.3. The van der Waals surface area contributed by atoms with Gasteiger partial charge in [-0.05, 0) is 17.7 Å². The van der Waals surface area contributed by atoms with Crippen molar-refractivity contribution in [1.82, 2.24) is 24.6 Å². The number of nitrogens with zero attached hydrogens (tertiary/aromatic N) is 4. The highest BCUT2D eigenvalue weighted by Crippen LogP contribution is 2.66. The molecule has 1 saturated heterocycles. The zero-order valence-corrected chi connectivity index (χ0v) is 23.1. The van der Waals surface area contributed by atoms with Crippen LogP contribution >= 0.6 is 23.4 Å². The highest BCUT2D eigenvalue weighted by Gasteiger charge is 2.47. The van der Waals surface area contributed by atoms with Crippen molar-refractivity contribution in [2.24, 2.45) is 0 Å². The number of nitrogens with one attached hydrogen (secondary N) is 1. The molecule has 3 aromatic rings. The number of rotatable bonds is 12. The number of ether oxygens (including phenoxy) is 2. The molecule has 1 aliphatic rings. The number of fused-ring (bicyclic) bond motifs is 1. The lowest BCUT2D eigenvalue weighted by atomic mass is 10.1. The molecule has 40 heavy (non-hydrogen) atoms. The van der Waals surface area contributed by atoms with Crippen LogP contribution in [0.2, 0.25) is 0 Å². The van der Waals surface area contributed by atoms with Crippen LogP contribution in [-0.4, -0.2) is 76.4 Å². The summed E-state index contributed by atoms with van der Waals surface area (Å²) in [5.41, 5.74) is 6.55. The molecule has 3 heterocycles. The number of nitrogens with two attached hydrogens (primary N) is 1. The third-order valence-corrected chi connectivity index (χ3v) is 9.86. The number of hydrogen-bond acceptors (Lipinski definition) is 14. The quantitative estimate of drug-likeness (QED) is 0.132. The number of phosphoric ester groups is 1. The molecule has 220 valence electrons. The van der Waals surface area contributed by atoms with E-state index in [0.717, 1.165) is 6.33 Å². The molecule has 1 aliphatic heterocycles. The Bertz CT molecular complexity index is 1490. The molecule has 7 atom stereocenters. The number of aromatic nitrogens is 4. The molecule has 4 rings (SSSR count). The zero-order valence-electron chi connectivity index (χ0n) is 20.4. The van der Waals surface area contributed by atoms with Crippen molar-refractivity contribution in [2.75, 3.05) is 19.5 Å². The van der Waals surface area contributed by atoms with E-state index in [0.29, 0.717) is 11.3 Å². The summed E-state index contributed by atoms with van der Waals surface area (Å²) in [5, 5.41) is 22.8. The number of anilines is 1. The van der Waals surface area contributed by atoms with Gasteiger partial charge in [0, 0.05) is 6.54 Å². The van der Waals surface area contributed by atoms with Crippen LogP contribution in [0.1, 0.15) is 11.8 Å². The summed E-state index contributed by atoms with van der Waals surface area (Å²) in [6.07, 6.45) is -3.64. The Kier molecular flexibility index (Phi) is 9.09. The number of imidazole rings is 1. The van der Waals surface area contributed by atoms with Crippen LogP contribution in [0.15, 0.2) is 36.9 Å². The highest BCUT2D eigenvalue weighted by atomic mass is 31.3. The standard InChI is InChI=1S/C18H25N6O13P3/c1-33-11-4-2-10(3-5-11)6-23-38(27,28)36-40(31,32)37-39(29,30)34-7-12-14(25)15(26)18(35-12)24-9-22-13-16(19)20-8-21-17(13)24/h2-5,8-9,12,14-15,18,25-26H,6-7H2,1H3,(H,29,30)(H,31,32)(H2,19,20,21)(H2,23,27,28)/t12-,14-,15-,18?/m1/s1. The maximum absolute atomic E-state index is 12.3. The van der Waals surface area contributed by atoms with E-state index in [1.54, 1.807) is 12.1 Å². The van der Waals surface area contributed by atoms with Gasteiger partial charge in [-0.25, -0.2) is 33.7 Å². The van der Waals surface area contributed by atoms with E-state index in [1.165, 1.54) is 30.1 Å². The Morgan fingerprint density at radius 2 is 1.73 bits per heavy atom. The molecular formula is C18H25N6O13P3.